The Morgan fingerprint density at radius 2 is 1.70 bits per heavy atom. The molecule has 1 aromatic carbocycles. The van der Waals surface area contributed by atoms with Gasteiger partial charge in [-0.15, -0.1) is 0 Å². The number of benzene rings is 1. The quantitative estimate of drug-likeness (QED) is 0.470. The van der Waals surface area contributed by atoms with E-state index in [4.69, 9.17) is 0 Å². The Balaban J connectivity index is 1.56. The van der Waals surface area contributed by atoms with Crippen LogP contribution < -0.4 is 4.90 Å². The minimum Gasteiger partial charge on any atom is -0.347 e. The minimum atomic E-state index is -0.308. The van der Waals surface area contributed by atoms with Crippen LogP contribution in [-0.4, -0.2) is 36.1 Å². The summed E-state index contributed by atoms with van der Waals surface area (Å²) >= 11 is 0. The molecule has 5 nitrogen and oxygen atoms in total. The number of hydrogen-bond acceptors (Lipinski definition) is 4. The van der Waals surface area contributed by atoms with Gasteiger partial charge in [-0.1, -0.05) is 44.2 Å². The van der Waals surface area contributed by atoms with Crippen LogP contribution >= 0.6 is 0 Å². The Morgan fingerprint density at radius 3 is 2.30 bits per heavy atom. The second-order valence-corrected chi connectivity index (χ2v) is 8.12. The predicted molar refractivity (Wildman–Crippen MR) is 103 cm³/mol. The van der Waals surface area contributed by atoms with Crippen molar-refractivity contribution >= 4 is 23.3 Å². The molecule has 2 amide bonds. The first kappa shape index (κ1) is 17.7. The number of rotatable bonds is 3. The molecular weight excluding hydrogens is 340 g/mol. The number of para-hydroxylation sites is 1. The first-order chi connectivity index (χ1) is 12.8. The third kappa shape index (κ3) is 2.64. The number of likely N-dealkylation sites (tertiary alicyclic amines) is 1. The molecule has 2 aliphatic heterocycles. The number of allylic oxidation sites excluding steroid dienone is 3. The van der Waals surface area contributed by atoms with Gasteiger partial charge in [-0.3, -0.25) is 19.3 Å². The third-order valence-electron chi connectivity index (χ3n) is 6.15. The van der Waals surface area contributed by atoms with Crippen molar-refractivity contribution in [2.45, 2.75) is 32.1 Å². The maximum atomic E-state index is 12.8. The summed E-state index contributed by atoms with van der Waals surface area (Å²) < 4.78 is 0. The lowest BCUT2D eigenvalue weighted by Gasteiger charge is -2.24. The number of hydrogen-bond donors (Lipinski definition) is 0. The molecule has 0 radical (unpaired) electrons. The van der Waals surface area contributed by atoms with Crippen molar-refractivity contribution in [1.29, 1.82) is 0 Å². The summed E-state index contributed by atoms with van der Waals surface area (Å²) in [4.78, 5) is 41.1. The van der Waals surface area contributed by atoms with Crippen molar-refractivity contribution in [3.05, 3.63) is 53.8 Å². The highest BCUT2D eigenvalue weighted by Crippen LogP contribution is 2.46. The third-order valence-corrected chi connectivity index (χ3v) is 6.15. The summed E-state index contributed by atoms with van der Waals surface area (Å²) in [6.07, 6.45) is 6.68. The fraction of sp³-hybridized carbons (Fsp3) is 0.409. The largest absolute Gasteiger partial charge is 0.347 e. The zero-order valence-corrected chi connectivity index (χ0v) is 15.9. The van der Waals surface area contributed by atoms with Crippen LogP contribution in [0.1, 0.15) is 32.3 Å². The molecule has 0 N–H and O–H groups in total. The summed E-state index contributed by atoms with van der Waals surface area (Å²) in [6, 6.07) is 8.08. The summed E-state index contributed by atoms with van der Waals surface area (Å²) in [6.45, 7) is 4.00. The van der Waals surface area contributed by atoms with Crippen LogP contribution in [0.3, 0.4) is 0 Å². The molecule has 0 saturated carbocycles. The maximum absolute atomic E-state index is 12.8. The standard InChI is InChI=1S/C22H24N2O3/c1-22(2)17-10-6-7-11-18(17)23(3)19(22)12-14(25)13-24-20(26)15-8-4-5-9-16(15)21(24)27/h4-7,10-12,15-16H,8-9,13H2,1-3H3/b19-12+. The van der Waals surface area contributed by atoms with Crippen LogP contribution in [0.5, 0.6) is 0 Å². The molecule has 5 heteroatoms. The Morgan fingerprint density at radius 1 is 1.11 bits per heavy atom. The second kappa shape index (κ2) is 6.19. The predicted octanol–water partition coefficient (Wildman–Crippen LogP) is 2.82. The van der Waals surface area contributed by atoms with Crippen molar-refractivity contribution in [2.75, 3.05) is 18.5 Å². The van der Waals surface area contributed by atoms with Gasteiger partial charge in [0.2, 0.25) is 11.8 Å². The van der Waals surface area contributed by atoms with Gasteiger partial charge in [0, 0.05) is 29.9 Å². The van der Waals surface area contributed by atoms with Crippen molar-refractivity contribution in [1.82, 2.24) is 4.90 Å². The Kier molecular flexibility index (Phi) is 4.06. The summed E-state index contributed by atoms with van der Waals surface area (Å²) in [7, 11) is 1.94. The number of anilines is 1. The number of likely N-dealkylation sites (N-methyl/N-ethyl adjacent to an activating group) is 1. The van der Waals surface area contributed by atoms with Gasteiger partial charge >= 0.3 is 0 Å². The summed E-state index contributed by atoms with van der Waals surface area (Å²) in [5, 5.41) is 0. The van der Waals surface area contributed by atoms with E-state index in [0.29, 0.717) is 12.8 Å². The van der Waals surface area contributed by atoms with Gasteiger partial charge < -0.3 is 4.90 Å². The highest BCUT2D eigenvalue weighted by Gasteiger charge is 2.47. The van der Waals surface area contributed by atoms with E-state index in [-0.39, 0.29) is 41.4 Å². The Bertz CT molecular complexity index is 871. The molecule has 140 valence electrons. The van der Waals surface area contributed by atoms with Crippen LogP contribution in [0.4, 0.5) is 5.69 Å². The highest BCUT2D eigenvalue weighted by molar-refractivity contribution is 6.09. The fourth-order valence-corrected chi connectivity index (χ4v) is 4.64. The Hall–Kier alpha value is -2.69. The SMILES string of the molecule is CN1/C(=C/C(=O)CN2C(=O)C3CC=CCC3C2=O)C(C)(C)c2ccccc21. The van der Waals surface area contributed by atoms with Crippen LogP contribution in [0, 0.1) is 11.8 Å². The lowest BCUT2D eigenvalue weighted by atomic mass is 9.83. The molecule has 4 rings (SSSR count). The highest BCUT2D eigenvalue weighted by atomic mass is 16.2. The zero-order chi connectivity index (χ0) is 19.3. The number of fused-ring (bicyclic) bond motifs is 2. The maximum Gasteiger partial charge on any atom is 0.233 e. The van der Waals surface area contributed by atoms with Crippen molar-refractivity contribution in [2.24, 2.45) is 11.8 Å². The number of imide groups is 1. The van der Waals surface area contributed by atoms with Gasteiger partial charge in [-0.25, -0.2) is 0 Å². The molecule has 1 aromatic rings. The van der Waals surface area contributed by atoms with Crippen molar-refractivity contribution in [3.63, 3.8) is 0 Å². The average Bonchev–Trinajstić information content (AvgIpc) is 3.01. The van der Waals surface area contributed by atoms with Crippen LogP contribution in [0.2, 0.25) is 0 Å². The van der Waals surface area contributed by atoms with Crippen LogP contribution in [-0.2, 0) is 19.8 Å². The molecule has 2 unspecified atom stereocenters. The lowest BCUT2D eigenvalue weighted by molar-refractivity contribution is -0.142. The zero-order valence-electron chi connectivity index (χ0n) is 15.9. The summed E-state index contributed by atoms with van der Waals surface area (Å²) in [5.41, 5.74) is 2.81. The van der Waals surface area contributed by atoms with Gasteiger partial charge in [-0.2, -0.15) is 0 Å². The molecular formula is C22H24N2O3. The first-order valence-corrected chi connectivity index (χ1v) is 9.41. The van der Waals surface area contributed by atoms with Crippen molar-refractivity contribution in [3.8, 4) is 0 Å². The monoisotopic (exact) mass is 364 g/mol. The van der Waals surface area contributed by atoms with Gasteiger partial charge in [0.05, 0.1) is 18.4 Å². The van der Waals surface area contributed by atoms with E-state index in [1.165, 1.54) is 0 Å². The molecule has 1 fully saturated rings. The molecule has 27 heavy (non-hydrogen) atoms. The molecule has 1 aliphatic carbocycles. The van der Waals surface area contributed by atoms with E-state index < -0.39 is 0 Å². The molecule has 2 atom stereocenters. The van der Waals surface area contributed by atoms with E-state index >= 15 is 0 Å². The van der Waals surface area contributed by atoms with Crippen molar-refractivity contribution < 1.29 is 14.4 Å². The Labute approximate surface area is 159 Å². The van der Waals surface area contributed by atoms with Gasteiger partial charge in [0.1, 0.15) is 0 Å². The summed E-state index contributed by atoms with van der Waals surface area (Å²) in [5.74, 6) is -1.21. The van der Waals surface area contributed by atoms with E-state index in [1.54, 1.807) is 6.08 Å². The van der Waals surface area contributed by atoms with Gasteiger partial charge in [0.15, 0.2) is 5.78 Å². The normalized spacial score (nSPS) is 27.3. The topological polar surface area (TPSA) is 57.7 Å². The molecule has 1 saturated heterocycles. The molecule has 3 aliphatic rings. The molecule has 0 aromatic heterocycles. The van der Waals surface area contributed by atoms with Gasteiger partial charge in [-0.05, 0) is 24.5 Å². The van der Waals surface area contributed by atoms with Gasteiger partial charge in [0.25, 0.3) is 0 Å². The van der Waals surface area contributed by atoms with Crippen LogP contribution in [0.25, 0.3) is 0 Å². The minimum absolute atomic E-state index is 0.172. The molecule has 0 bridgehead atoms. The average molecular weight is 364 g/mol. The first-order valence-electron chi connectivity index (χ1n) is 9.41. The molecule has 2 heterocycles. The second-order valence-electron chi connectivity index (χ2n) is 8.12. The fourth-order valence-electron chi connectivity index (χ4n) is 4.64. The number of carbonyl (C=O) groups excluding carboxylic acids is 3. The smallest absolute Gasteiger partial charge is 0.233 e. The van der Waals surface area contributed by atoms with Crippen LogP contribution in [0.15, 0.2) is 48.2 Å². The van der Waals surface area contributed by atoms with E-state index in [9.17, 15) is 14.4 Å². The number of ketones is 1. The lowest BCUT2D eigenvalue weighted by Crippen LogP contribution is -2.36. The molecule has 0 spiro atoms. The van der Waals surface area contributed by atoms with E-state index in [0.717, 1.165) is 21.8 Å². The number of amides is 2. The number of nitrogens with zero attached hydrogens (tertiary/aromatic N) is 2. The van der Waals surface area contributed by atoms with E-state index in [1.807, 2.05) is 42.3 Å². The number of carbonyl (C=O) groups is 3. The van der Waals surface area contributed by atoms with E-state index in [2.05, 4.69) is 19.9 Å².